The molecule has 0 bridgehead atoms. The Morgan fingerprint density at radius 1 is 1.38 bits per heavy atom. The molecular weight excluding hydrogens is 268 g/mol. The molecule has 0 spiro atoms. The fourth-order valence-corrected chi connectivity index (χ4v) is 2.47. The summed E-state index contributed by atoms with van der Waals surface area (Å²) in [6, 6.07) is 2.09. The van der Waals surface area contributed by atoms with Crippen molar-refractivity contribution in [3.63, 3.8) is 0 Å². The molecular formula is C16H26N2O3. The van der Waals surface area contributed by atoms with Crippen molar-refractivity contribution in [2.24, 2.45) is 11.8 Å². The first-order valence-electron chi connectivity index (χ1n) is 7.75. The Kier molecular flexibility index (Phi) is 6.67. The molecule has 0 aromatic rings. The van der Waals surface area contributed by atoms with Gasteiger partial charge in [0, 0.05) is 6.42 Å². The minimum Gasteiger partial charge on any atom is -0.456 e. The Hall–Kier alpha value is -1.57. The molecule has 1 amide bonds. The summed E-state index contributed by atoms with van der Waals surface area (Å²) in [5.41, 5.74) is -0.937. The summed E-state index contributed by atoms with van der Waals surface area (Å²) >= 11 is 0. The summed E-state index contributed by atoms with van der Waals surface area (Å²) in [4.78, 5) is 23.4. The number of carbonyl (C=O) groups is 2. The van der Waals surface area contributed by atoms with Gasteiger partial charge in [0.1, 0.15) is 5.54 Å². The van der Waals surface area contributed by atoms with Crippen LogP contribution in [0.4, 0.5) is 0 Å². The maximum absolute atomic E-state index is 11.7. The number of nitrogens with one attached hydrogen (secondary N) is 1. The molecule has 1 rings (SSSR count). The lowest BCUT2D eigenvalue weighted by Crippen LogP contribution is -2.50. The fraction of sp³-hybridized carbons (Fsp3) is 0.812. The molecule has 1 aliphatic carbocycles. The molecule has 21 heavy (non-hydrogen) atoms. The summed E-state index contributed by atoms with van der Waals surface area (Å²) in [6.45, 7) is 5.07. The maximum atomic E-state index is 11.7. The van der Waals surface area contributed by atoms with Crippen LogP contribution in [0, 0.1) is 23.2 Å². The van der Waals surface area contributed by atoms with Crippen LogP contribution in [-0.2, 0) is 14.3 Å². The third-order valence-corrected chi connectivity index (χ3v) is 4.38. The van der Waals surface area contributed by atoms with E-state index in [1.165, 1.54) is 25.7 Å². The maximum Gasteiger partial charge on any atom is 0.306 e. The predicted molar refractivity (Wildman–Crippen MR) is 79.1 cm³/mol. The lowest BCUT2D eigenvalue weighted by molar-refractivity contribution is -0.149. The molecule has 1 saturated carbocycles. The van der Waals surface area contributed by atoms with E-state index >= 15 is 0 Å². The molecule has 5 heteroatoms. The topological polar surface area (TPSA) is 79.2 Å². The van der Waals surface area contributed by atoms with Crippen LogP contribution in [0.3, 0.4) is 0 Å². The largest absolute Gasteiger partial charge is 0.456 e. The van der Waals surface area contributed by atoms with Crippen molar-refractivity contribution in [1.29, 1.82) is 5.26 Å². The van der Waals surface area contributed by atoms with Crippen LogP contribution in [0.2, 0.25) is 0 Å². The van der Waals surface area contributed by atoms with E-state index in [1.54, 1.807) is 6.92 Å². The van der Waals surface area contributed by atoms with Crippen LogP contribution in [0.15, 0.2) is 0 Å². The summed E-state index contributed by atoms with van der Waals surface area (Å²) in [5.74, 6) is -0.152. The number of rotatable bonds is 7. The lowest BCUT2D eigenvalue weighted by Gasteiger charge is -2.27. The summed E-state index contributed by atoms with van der Waals surface area (Å²) in [6.07, 6.45) is 6.12. The molecule has 1 N–H and O–H groups in total. The normalized spacial score (nSPS) is 18.0. The Labute approximate surface area is 127 Å². The van der Waals surface area contributed by atoms with E-state index in [0.717, 1.165) is 6.42 Å². The van der Waals surface area contributed by atoms with Crippen LogP contribution in [-0.4, -0.2) is 24.0 Å². The number of nitrogens with zero attached hydrogens (tertiary/aromatic N) is 1. The quantitative estimate of drug-likeness (QED) is 0.732. The second-order valence-corrected chi connectivity index (χ2v) is 6.37. The minimum absolute atomic E-state index is 0.0236. The SMILES string of the molecule is CC(C)[C@](C)(C#N)NC(=O)COC(=O)CCC1CCCC1. The molecule has 0 heterocycles. The van der Waals surface area contributed by atoms with Gasteiger partial charge in [0.25, 0.3) is 5.91 Å². The number of hydrogen-bond donors (Lipinski definition) is 1. The van der Waals surface area contributed by atoms with Gasteiger partial charge in [-0.2, -0.15) is 5.26 Å². The molecule has 5 nitrogen and oxygen atoms in total. The van der Waals surface area contributed by atoms with E-state index in [9.17, 15) is 9.59 Å². The van der Waals surface area contributed by atoms with E-state index < -0.39 is 11.4 Å². The zero-order valence-corrected chi connectivity index (χ0v) is 13.3. The molecule has 0 aromatic heterocycles. The van der Waals surface area contributed by atoms with Crippen LogP contribution in [0.5, 0.6) is 0 Å². The van der Waals surface area contributed by atoms with Crippen molar-refractivity contribution in [2.75, 3.05) is 6.61 Å². The predicted octanol–water partition coefficient (Wildman–Crippen LogP) is 2.55. The lowest BCUT2D eigenvalue weighted by atomic mass is 9.90. The highest BCUT2D eigenvalue weighted by molar-refractivity contribution is 5.81. The van der Waals surface area contributed by atoms with Crippen molar-refractivity contribution in [3.05, 3.63) is 0 Å². The molecule has 0 radical (unpaired) electrons. The molecule has 0 saturated heterocycles. The zero-order chi connectivity index (χ0) is 15.9. The van der Waals surface area contributed by atoms with Crippen molar-refractivity contribution in [1.82, 2.24) is 5.32 Å². The van der Waals surface area contributed by atoms with Gasteiger partial charge in [-0.3, -0.25) is 9.59 Å². The Bertz CT molecular complexity index is 408. The third-order valence-electron chi connectivity index (χ3n) is 4.38. The summed E-state index contributed by atoms with van der Waals surface area (Å²) in [7, 11) is 0. The number of carbonyl (C=O) groups excluding carboxylic acids is 2. The van der Waals surface area contributed by atoms with Gasteiger partial charge >= 0.3 is 5.97 Å². The molecule has 1 atom stereocenters. The Balaban J connectivity index is 2.25. The van der Waals surface area contributed by atoms with Crippen LogP contribution < -0.4 is 5.32 Å². The van der Waals surface area contributed by atoms with Gasteiger partial charge in [-0.15, -0.1) is 0 Å². The first-order valence-corrected chi connectivity index (χ1v) is 7.75. The van der Waals surface area contributed by atoms with Gasteiger partial charge in [0.2, 0.25) is 0 Å². The summed E-state index contributed by atoms with van der Waals surface area (Å²) in [5, 5.41) is 11.7. The molecule has 0 aliphatic heterocycles. The van der Waals surface area contributed by atoms with Gasteiger partial charge in [-0.1, -0.05) is 39.5 Å². The number of ether oxygens (including phenoxy) is 1. The van der Waals surface area contributed by atoms with Crippen molar-refractivity contribution < 1.29 is 14.3 Å². The average molecular weight is 294 g/mol. The average Bonchev–Trinajstić information content (AvgIpc) is 2.95. The van der Waals surface area contributed by atoms with Crippen molar-refractivity contribution in [3.8, 4) is 6.07 Å². The smallest absolute Gasteiger partial charge is 0.306 e. The zero-order valence-electron chi connectivity index (χ0n) is 13.3. The summed E-state index contributed by atoms with van der Waals surface area (Å²) < 4.78 is 4.97. The fourth-order valence-electron chi connectivity index (χ4n) is 2.47. The molecule has 1 fully saturated rings. The van der Waals surface area contributed by atoms with E-state index in [-0.39, 0.29) is 18.5 Å². The third kappa shape index (κ3) is 5.74. The van der Waals surface area contributed by atoms with Gasteiger partial charge in [0.15, 0.2) is 6.61 Å². The van der Waals surface area contributed by atoms with E-state index in [0.29, 0.717) is 12.3 Å². The first-order chi connectivity index (χ1) is 9.87. The number of amides is 1. The van der Waals surface area contributed by atoms with Gasteiger partial charge in [-0.05, 0) is 25.2 Å². The molecule has 0 aromatic carbocycles. The Morgan fingerprint density at radius 3 is 2.52 bits per heavy atom. The van der Waals surface area contributed by atoms with Crippen LogP contribution >= 0.6 is 0 Å². The van der Waals surface area contributed by atoms with Crippen molar-refractivity contribution in [2.45, 2.75) is 64.8 Å². The van der Waals surface area contributed by atoms with Crippen LogP contribution in [0.25, 0.3) is 0 Å². The van der Waals surface area contributed by atoms with Gasteiger partial charge in [-0.25, -0.2) is 0 Å². The van der Waals surface area contributed by atoms with Gasteiger partial charge in [0.05, 0.1) is 6.07 Å². The second kappa shape index (κ2) is 8.02. The standard InChI is InChI=1S/C16H26N2O3/c1-12(2)16(3,11-17)18-14(19)10-21-15(20)9-8-13-6-4-5-7-13/h12-13H,4-10H2,1-3H3,(H,18,19)/t16-/m0/s1. The molecule has 0 unspecified atom stereocenters. The van der Waals surface area contributed by atoms with E-state index in [1.807, 2.05) is 13.8 Å². The molecule has 118 valence electrons. The number of nitriles is 1. The van der Waals surface area contributed by atoms with Crippen LogP contribution in [0.1, 0.15) is 59.3 Å². The number of esters is 1. The highest BCUT2D eigenvalue weighted by Gasteiger charge is 2.30. The second-order valence-electron chi connectivity index (χ2n) is 6.37. The highest BCUT2D eigenvalue weighted by atomic mass is 16.5. The first kappa shape index (κ1) is 17.5. The minimum atomic E-state index is -0.937. The number of hydrogen-bond acceptors (Lipinski definition) is 4. The van der Waals surface area contributed by atoms with Gasteiger partial charge < -0.3 is 10.1 Å². The Morgan fingerprint density at radius 2 is 2.00 bits per heavy atom. The highest BCUT2D eigenvalue weighted by Crippen LogP contribution is 2.28. The van der Waals surface area contributed by atoms with Crippen molar-refractivity contribution >= 4 is 11.9 Å². The van der Waals surface area contributed by atoms with E-state index in [4.69, 9.17) is 10.00 Å². The van der Waals surface area contributed by atoms with E-state index in [2.05, 4.69) is 11.4 Å². The molecule has 1 aliphatic rings. The monoisotopic (exact) mass is 294 g/mol.